The Morgan fingerprint density at radius 2 is 1.50 bits per heavy atom. The predicted octanol–water partition coefficient (Wildman–Crippen LogP) is 2.18. The summed E-state index contributed by atoms with van der Waals surface area (Å²) in [5, 5.41) is 8.88. The molecule has 0 radical (unpaired) electrons. The van der Waals surface area contributed by atoms with Gasteiger partial charge in [0.05, 0.1) is 4.90 Å². The molecule has 112 valence electrons. The molecule has 4 nitrogen and oxygen atoms in total. The van der Waals surface area contributed by atoms with Crippen molar-refractivity contribution < 1.29 is 13.5 Å². The van der Waals surface area contributed by atoms with E-state index in [9.17, 15) is 8.42 Å². The minimum atomic E-state index is -3.36. The average Bonchev–Trinajstić information content (AvgIpc) is 2.39. The molecular formula is C15H23NO3S. The average molecular weight is 297 g/mol. The highest BCUT2D eigenvalue weighted by Crippen LogP contribution is 2.20. The number of aliphatic hydroxyl groups excluding tert-OH is 1. The molecule has 1 N–H and O–H groups in total. The van der Waals surface area contributed by atoms with E-state index < -0.39 is 10.0 Å². The normalized spacial score (nSPS) is 18.4. The lowest BCUT2D eigenvalue weighted by atomic mass is 10.1. The van der Waals surface area contributed by atoms with Crippen molar-refractivity contribution in [3.8, 4) is 0 Å². The van der Waals surface area contributed by atoms with Crippen LogP contribution in [0, 0.1) is 0 Å². The summed E-state index contributed by atoms with van der Waals surface area (Å²) in [4.78, 5) is 0.361. The second-order valence-electron chi connectivity index (χ2n) is 5.29. The van der Waals surface area contributed by atoms with Crippen LogP contribution in [0.2, 0.25) is 0 Å². The van der Waals surface area contributed by atoms with E-state index >= 15 is 0 Å². The Balaban J connectivity index is 2.15. The zero-order valence-corrected chi connectivity index (χ0v) is 12.6. The first kappa shape index (κ1) is 15.5. The summed E-state index contributed by atoms with van der Waals surface area (Å²) < 4.78 is 26.8. The Morgan fingerprint density at radius 3 is 2.05 bits per heavy atom. The first-order chi connectivity index (χ1) is 9.64. The molecule has 0 unspecified atom stereocenters. The molecule has 1 aliphatic rings. The summed E-state index contributed by atoms with van der Waals surface area (Å²) >= 11 is 0. The highest BCUT2D eigenvalue weighted by molar-refractivity contribution is 7.89. The van der Waals surface area contributed by atoms with Crippen LogP contribution in [0.3, 0.4) is 0 Å². The Morgan fingerprint density at radius 1 is 0.950 bits per heavy atom. The van der Waals surface area contributed by atoms with Gasteiger partial charge in [-0.2, -0.15) is 4.31 Å². The van der Waals surface area contributed by atoms with E-state index in [1.54, 1.807) is 28.6 Å². The molecule has 20 heavy (non-hydrogen) atoms. The van der Waals surface area contributed by atoms with Crippen LogP contribution in [-0.2, 0) is 16.4 Å². The first-order valence-corrected chi connectivity index (χ1v) is 8.78. The lowest BCUT2D eigenvalue weighted by molar-refractivity contribution is 0.299. The fourth-order valence-electron chi connectivity index (χ4n) is 2.57. The van der Waals surface area contributed by atoms with E-state index in [1.807, 2.05) is 0 Å². The molecule has 2 rings (SSSR count). The topological polar surface area (TPSA) is 57.6 Å². The van der Waals surface area contributed by atoms with Crippen molar-refractivity contribution in [2.45, 2.75) is 43.4 Å². The standard InChI is InChI=1S/C15H23NO3S/c17-13-10-14-6-8-15(9-7-14)20(18,19)16-11-4-2-1-3-5-12-16/h6-9,17H,1-5,10-13H2. The molecule has 1 aromatic carbocycles. The van der Waals surface area contributed by atoms with Crippen molar-refractivity contribution in [1.29, 1.82) is 0 Å². The summed E-state index contributed by atoms with van der Waals surface area (Å²) in [7, 11) is -3.36. The van der Waals surface area contributed by atoms with Gasteiger partial charge in [0.25, 0.3) is 0 Å². The van der Waals surface area contributed by atoms with E-state index in [0.29, 0.717) is 24.4 Å². The van der Waals surface area contributed by atoms with Gasteiger partial charge in [0.2, 0.25) is 10.0 Å². The molecule has 0 bridgehead atoms. The fourth-order valence-corrected chi connectivity index (χ4v) is 4.08. The van der Waals surface area contributed by atoms with Gasteiger partial charge in [-0.3, -0.25) is 0 Å². The highest BCUT2D eigenvalue weighted by atomic mass is 32.2. The molecule has 0 spiro atoms. The van der Waals surface area contributed by atoms with Gasteiger partial charge in [0.15, 0.2) is 0 Å². The molecule has 1 aliphatic heterocycles. The van der Waals surface area contributed by atoms with Gasteiger partial charge in [0.1, 0.15) is 0 Å². The number of nitrogens with zero attached hydrogens (tertiary/aromatic N) is 1. The Kier molecular flexibility index (Phi) is 5.57. The fraction of sp³-hybridized carbons (Fsp3) is 0.600. The predicted molar refractivity (Wildman–Crippen MR) is 79.1 cm³/mol. The van der Waals surface area contributed by atoms with E-state index in [4.69, 9.17) is 5.11 Å². The molecule has 0 amide bonds. The largest absolute Gasteiger partial charge is 0.396 e. The van der Waals surface area contributed by atoms with Gasteiger partial charge >= 0.3 is 0 Å². The smallest absolute Gasteiger partial charge is 0.243 e. The van der Waals surface area contributed by atoms with Gasteiger partial charge < -0.3 is 5.11 Å². The van der Waals surface area contributed by atoms with Crippen LogP contribution in [0.4, 0.5) is 0 Å². The van der Waals surface area contributed by atoms with Gasteiger partial charge in [0, 0.05) is 19.7 Å². The molecule has 1 aromatic rings. The molecule has 0 aliphatic carbocycles. The van der Waals surface area contributed by atoms with Crippen LogP contribution in [-0.4, -0.2) is 37.5 Å². The van der Waals surface area contributed by atoms with Crippen molar-refractivity contribution in [1.82, 2.24) is 4.31 Å². The minimum Gasteiger partial charge on any atom is -0.396 e. The lowest BCUT2D eigenvalue weighted by Crippen LogP contribution is -2.33. The van der Waals surface area contributed by atoms with Crippen molar-refractivity contribution in [2.24, 2.45) is 0 Å². The highest BCUT2D eigenvalue weighted by Gasteiger charge is 2.24. The quantitative estimate of drug-likeness (QED) is 0.926. The zero-order chi connectivity index (χ0) is 14.4. The van der Waals surface area contributed by atoms with Gasteiger partial charge in [-0.05, 0) is 37.0 Å². The van der Waals surface area contributed by atoms with E-state index in [1.165, 1.54) is 6.42 Å². The molecule has 0 aromatic heterocycles. The Labute approximate surface area is 121 Å². The number of hydrogen-bond acceptors (Lipinski definition) is 3. The molecule has 1 saturated heterocycles. The summed E-state index contributed by atoms with van der Waals surface area (Å²) in [6.07, 6.45) is 5.89. The maximum absolute atomic E-state index is 12.6. The molecule has 1 heterocycles. The Hall–Kier alpha value is -0.910. The van der Waals surface area contributed by atoms with E-state index in [-0.39, 0.29) is 6.61 Å². The molecule has 5 heteroatoms. The van der Waals surface area contributed by atoms with Crippen molar-refractivity contribution in [3.05, 3.63) is 29.8 Å². The van der Waals surface area contributed by atoms with Crippen LogP contribution in [0.15, 0.2) is 29.2 Å². The van der Waals surface area contributed by atoms with Crippen LogP contribution in [0.25, 0.3) is 0 Å². The second-order valence-corrected chi connectivity index (χ2v) is 7.23. The third-order valence-electron chi connectivity index (χ3n) is 3.78. The first-order valence-electron chi connectivity index (χ1n) is 7.34. The lowest BCUT2D eigenvalue weighted by Gasteiger charge is -2.24. The number of sulfonamides is 1. The second kappa shape index (κ2) is 7.20. The molecule has 0 atom stereocenters. The molecular weight excluding hydrogens is 274 g/mol. The molecule has 0 saturated carbocycles. The summed E-state index contributed by atoms with van der Waals surface area (Å²) in [5.41, 5.74) is 0.958. The number of rotatable bonds is 4. The minimum absolute atomic E-state index is 0.0816. The van der Waals surface area contributed by atoms with Gasteiger partial charge in [-0.25, -0.2) is 8.42 Å². The third-order valence-corrected chi connectivity index (χ3v) is 5.69. The van der Waals surface area contributed by atoms with Crippen molar-refractivity contribution in [3.63, 3.8) is 0 Å². The zero-order valence-electron chi connectivity index (χ0n) is 11.8. The van der Waals surface area contributed by atoms with Crippen LogP contribution in [0.5, 0.6) is 0 Å². The SMILES string of the molecule is O=S(=O)(c1ccc(CCO)cc1)N1CCCCCCC1. The third kappa shape index (κ3) is 3.81. The summed E-state index contributed by atoms with van der Waals surface area (Å²) in [5.74, 6) is 0. The number of benzene rings is 1. The van der Waals surface area contributed by atoms with Gasteiger partial charge in [-0.1, -0.05) is 31.4 Å². The van der Waals surface area contributed by atoms with Crippen LogP contribution in [0.1, 0.15) is 37.7 Å². The molecule has 1 fully saturated rings. The van der Waals surface area contributed by atoms with E-state index in [2.05, 4.69) is 0 Å². The van der Waals surface area contributed by atoms with Crippen LogP contribution < -0.4 is 0 Å². The Bertz CT molecular complexity index is 502. The summed E-state index contributed by atoms with van der Waals surface area (Å²) in [6.45, 7) is 1.33. The number of aliphatic hydroxyl groups is 1. The number of hydrogen-bond donors (Lipinski definition) is 1. The maximum Gasteiger partial charge on any atom is 0.243 e. The van der Waals surface area contributed by atoms with Crippen LogP contribution >= 0.6 is 0 Å². The van der Waals surface area contributed by atoms with E-state index in [0.717, 1.165) is 31.2 Å². The van der Waals surface area contributed by atoms with Crippen molar-refractivity contribution >= 4 is 10.0 Å². The maximum atomic E-state index is 12.6. The summed E-state index contributed by atoms with van der Waals surface area (Å²) in [6, 6.07) is 6.87. The van der Waals surface area contributed by atoms with Crippen molar-refractivity contribution in [2.75, 3.05) is 19.7 Å². The monoisotopic (exact) mass is 297 g/mol. The van der Waals surface area contributed by atoms with Gasteiger partial charge in [-0.15, -0.1) is 0 Å².